The van der Waals surface area contributed by atoms with Crippen LogP contribution in [-0.4, -0.2) is 36.8 Å². The van der Waals surface area contributed by atoms with Gasteiger partial charge >= 0.3 is 0 Å². The summed E-state index contributed by atoms with van der Waals surface area (Å²) in [6.07, 6.45) is 11.1. The van der Waals surface area contributed by atoms with Gasteiger partial charge in [0.2, 0.25) is 5.52 Å². The summed E-state index contributed by atoms with van der Waals surface area (Å²) < 4.78 is 12.2. The Bertz CT molecular complexity index is 1220. The molecule has 4 aliphatic carbocycles. The molecule has 8 atom stereocenters. The molecule has 0 aliphatic heterocycles. The van der Waals surface area contributed by atoms with E-state index in [9.17, 15) is 15.1 Å². The highest BCUT2D eigenvalue weighted by molar-refractivity contribution is 5.84. The number of ether oxygens (including phenoxy) is 2. The van der Waals surface area contributed by atoms with Crippen molar-refractivity contribution in [1.82, 2.24) is 0 Å². The Kier molecular flexibility index (Phi) is 6.50. The number of aliphatic hydroxyl groups is 1. The van der Waals surface area contributed by atoms with Gasteiger partial charge in [-0.2, -0.15) is 4.73 Å². The summed E-state index contributed by atoms with van der Waals surface area (Å²) in [5.74, 6) is 3.45. The Balaban J connectivity index is 1.13. The predicted molar refractivity (Wildman–Crippen MR) is 145 cm³/mol. The first-order chi connectivity index (χ1) is 18.2. The van der Waals surface area contributed by atoms with Crippen molar-refractivity contribution in [2.24, 2.45) is 40.4 Å². The fourth-order valence-electron chi connectivity index (χ4n) is 9.77. The normalized spacial score (nSPS) is 40.3. The van der Waals surface area contributed by atoms with Gasteiger partial charge in [0, 0.05) is 25.2 Å². The molecular formula is C32H43NO5. The molecule has 6 rings (SSSR count). The zero-order chi connectivity index (χ0) is 26.7. The van der Waals surface area contributed by atoms with Crippen LogP contribution in [0.3, 0.4) is 0 Å². The Morgan fingerprint density at radius 2 is 1.87 bits per heavy atom. The number of aromatic nitrogens is 1. The third-order valence-corrected chi connectivity index (χ3v) is 11.7. The molecule has 38 heavy (non-hydrogen) atoms. The number of hydrogen-bond acceptors (Lipinski definition) is 5. The van der Waals surface area contributed by atoms with Gasteiger partial charge in [-0.25, -0.2) is 0 Å². The van der Waals surface area contributed by atoms with Gasteiger partial charge in [0.25, 0.3) is 0 Å². The number of hydrogen-bond donors (Lipinski definition) is 1. The summed E-state index contributed by atoms with van der Waals surface area (Å²) in [7, 11) is 1.69. The average Bonchev–Trinajstić information content (AvgIpc) is 3.25. The summed E-state index contributed by atoms with van der Waals surface area (Å²) in [6, 6.07) is 9.00. The lowest BCUT2D eigenvalue weighted by Crippen LogP contribution is -2.57. The smallest absolute Gasteiger partial charge is 0.223 e. The molecule has 1 aromatic heterocycles. The topological polar surface area (TPSA) is 82.7 Å². The van der Waals surface area contributed by atoms with Gasteiger partial charge in [-0.3, -0.25) is 4.79 Å². The SMILES string of the molecule is COC[C@@]1(O)CC[C@@]2(C)[C@@H](CC[C@@H]3[C@@H]2CC[C@]2(C)[C@@H](C(=O)COc4ccc5c(ccc[n+]5[O-])c4)CC[C@@H]32)C1. The molecule has 4 saturated carbocycles. The number of ketones is 1. The molecule has 1 aromatic carbocycles. The number of carbonyl (C=O) groups is 1. The van der Waals surface area contributed by atoms with Gasteiger partial charge in [0.1, 0.15) is 12.4 Å². The lowest BCUT2D eigenvalue weighted by atomic mass is 9.44. The third kappa shape index (κ3) is 4.14. The predicted octanol–water partition coefficient (Wildman–Crippen LogP) is 5.46. The molecule has 0 radical (unpaired) electrons. The quantitative estimate of drug-likeness (QED) is 0.403. The van der Waals surface area contributed by atoms with E-state index in [0.29, 0.717) is 41.5 Å². The van der Waals surface area contributed by atoms with Gasteiger partial charge in [0.15, 0.2) is 12.0 Å². The number of methoxy groups -OCH3 is 1. The molecular weight excluding hydrogens is 478 g/mol. The van der Waals surface area contributed by atoms with E-state index in [0.717, 1.165) is 48.6 Å². The number of pyridine rings is 1. The largest absolute Gasteiger partial charge is 0.618 e. The molecule has 0 spiro atoms. The lowest BCUT2D eigenvalue weighted by Gasteiger charge is -2.62. The van der Waals surface area contributed by atoms with Crippen LogP contribution in [0.2, 0.25) is 0 Å². The minimum absolute atomic E-state index is 0.0493. The van der Waals surface area contributed by atoms with Crippen LogP contribution in [0.5, 0.6) is 5.75 Å². The van der Waals surface area contributed by atoms with Crippen molar-refractivity contribution in [2.45, 2.75) is 77.2 Å². The van der Waals surface area contributed by atoms with Gasteiger partial charge in [-0.15, -0.1) is 0 Å². The van der Waals surface area contributed by atoms with E-state index < -0.39 is 5.60 Å². The van der Waals surface area contributed by atoms with Crippen LogP contribution in [0.25, 0.3) is 10.9 Å². The van der Waals surface area contributed by atoms with E-state index in [1.807, 2.05) is 12.1 Å². The first-order valence-electron chi connectivity index (χ1n) is 14.7. The molecule has 6 nitrogen and oxygen atoms in total. The second-order valence-electron chi connectivity index (χ2n) is 13.5. The molecule has 0 bridgehead atoms. The van der Waals surface area contributed by atoms with Crippen molar-refractivity contribution in [3.63, 3.8) is 0 Å². The van der Waals surface area contributed by atoms with Crippen LogP contribution in [0.15, 0.2) is 36.5 Å². The van der Waals surface area contributed by atoms with Gasteiger partial charge in [-0.1, -0.05) is 13.8 Å². The lowest BCUT2D eigenvalue weighted by molar-refractivity contribution is -0.577. The maximum absolute atomic E-state index is 13.6. The minimum Gasteiger partial charge on any atom is -0.618 e. The fraction of sp³-hybridized carbons (Fsp3) is 0.688. The highest BCUT2D eigenvalue weighted by Crippen LogP contribution is 2.68. The molecule has 1 heterocycles. The number of carbonyl (C=O) groups excluding carboxylic acids is 1. The van der Waals surface area contributed by atoms with Crippen molar-refractivity contribution < 1.29 is 24.1 Å². The highest BCUT2D eigenvalue weighted by Gasteiger charge is 2.62. The number of fused-ring (bicyclic) bond motifs is 6. The van der Waals surface area contributed by atoms with Crippen LogP contribution in [0.1, 0.15) is 71.6 Å². The summed E-state index contributed by atoms with van der Waals surface area (Å²) in [4.78, 5) is 13.6. The summed E-state index contributed by atoms with van der Waals surface area (Å²) >= 11 is 0. The Labute approximate surface area is 226 Å². The molecule has 0 unspecified atom stereocenters. The maximum atomic E-state index is 13.6. The first kappa shape index (κ1) is 26.1. The maximum Gasteiger partial charge on any atom is 0.223 e. The van der Waals surface area contributed by atoms with Crippen LogP contribution in [-0.2, 0) is 9.53 Å². The summed E-state index contributed by atoms with van der Waals surface area (Å²) in [5, 5.41) is 23.9. The van der Waals surface area contributed by atoms with E-state index in [1.165, 1.54) is 25.5 Å². The zero-order valence-electron chi connectivity index (χ0n) is 23.2. The Morgan fingerprint density at radius 1 is 1.05 bits per heavy atom. The second-order valence-corrected chi connectivity index (χ2v) is 13.5. The standard InChI is InChI=1S/C32H43NO5/c1-30-14-15-32(35,20-37-3)18-22(30)6-8-24-25-9-10-27(31(25,2)13-12-26(24)30)29(34)19-38-23-7-11-28-21(17-23)5-4-16-33(28)36/h4-5,7,11,16-17,22,24-27,35H,6,8-10,12-15,18-20H2,1-3H3/t22-,24-,25-,26-,27+,30-,31-,32+/m0/s1. The number of benzene rings is 1. The molecule has 0 amide bonds. The van der Waals surface area contributed by atoms with Crippen molar-refractivity contribution in [3.8, 4) is 5.75 Å². The minimum atomic E-state index is -0.666. The Morgan fingerprint density at radius 3 is 2.68 bits per heavy atom. The van der Waals surface area contributed by atoms with Crippen LogP contribution in [0.4, 0.5) is 0 Å². The first-order valence-corrected chi connectivity index (χ1v) is 14.7. The third-order valence-electron chi connectivity index (χ3n) is 11.7. The van der Waals surface area contributed by atoms with Gasteiger partial charge in [-0.05, 0) is 110 Å². The van der Waals surface area contributed by atoms with E-state index in [4.69, 9.17) is 9.47 Å². The molecule has 206 valence electrons. The monoisotopic (exact) mass is 521 g/mol. The van der Waals surface area contributed by atoms with Crippen molar-refractivity contribution in [1.29, 1.82) is 0 Å². The van der Waals surface area contributed by atoms with Gasteiger partial charge in [0.05, 0.1) is 17.6 Å². The van der Waals surface area contributed by atoms with Gasteiger partial charge < -0.3 is 19.8 Å². The number of rotatable bonds is 6. The summed E-state index contributed by atoms with van der Waals surface area (Å²) in [5.41, 5.74) is 0.265. The van der Waals surface area contributed by atoms with E-state index >= 15 is 0 Å². The highest BCUT2D eigenvalue weighted by atomic mass is 16.5. The molecule has 6 heteroatoms. The van der Waals surface area contributed by atoms with E-state index in [2.05, 4.69) is 13.8 Å². The molecule has 4 aliphatic rings. The molecule has 2 aromatic rings. The van der Waals surface area contributed by atoms with E-state index in [-0.39, 0.29) is 29.1 Å². The van der Waals surface area contributed by atoms with Crippen molar-refractivity contribution in [3.05, 3.63) is 41.7 Å². The molecule has 4 fully saturated rings. The van der Waals surface area contributed by atoms with Crippen LogP contribution < -0.4 is 9.47 Å². The summed E-state index contributed by atoms with van der Waals surface area (Å²) in [6.45, 7) is 5.43. The van der Waals surface area contributed by atoms with Crippen molar-refractivity contribution in [2.75, 3.05) is 20.3 Å². The number of nitrogens with zero attached hydrogens (tertiary/aromatic N) is 1. The molecule has 1 N–H and O–H groups in total. The number of Topliss-reactive ketones (excluding diaryl/α,β-unsaturated/α-hetero) is 1. The zero-order valence-corrected chi connectivity index (χ0v) is 23.2. The van der Waals surface area contributed by atoms with Crippen LogP contribution >= 0.6 is 0 Å². The Hall–Kier alpha value is -2.18. The van der Waals surface area contributed by atoms with Crippen molar-refractivity contribution >= 4 is 16.7 Å². The average molecular weight is 522 g/mol. The van der Waals surface area contributed by atoms with Crippen LogP contribution in [0, 0.1) is 45.6 Å². The molecule has 0 saturated heterocycles. The second kappa shape index (κ2) is 9.48. The van der Waals surface area contributed by atoms with E-state index in [1.54, 1.807) is 25.3 Å². The fourth-order valence-corrected chi connectivity index (χ4v) is 9.77.